The van der Waals surface area contributed by atoms with Gasteiger partial charge >= 0.3 is 0 Å². The smallest absolute Gasteiger partial charge is 0.164 e. The number of hydrogen-bond donors (Lipinski definition) is 0. The highest BCUT2D eigenvalue weighted by Gasteiger charge is 2.20. The third kappa shape index (κ3) is 4.52. The first-order chi connectivity index (χ1) is 26.9. The van der Waals surface area contributed by atoms with Crippen molar-refractivity contribution >= 4 is 43.7 Å². The third-order valence-electron chi connectivity index (χ3n) is 9.15. The molecule has 5 nitrogen and oxygen atoms in total. The Morgan fingerprint density at radius 2 is 1.14 bits per heavy atom. The van der Waals surface area contributed by atoms with Crippen LogP contribution >= 0.6 is 0 Å². The zero-order chi connectivity index (χ0) is 37.4. The van der Waals surface area contributed by atoms with Crippen molar-refractivity contribution in [2.45, 2.75) is 0 Å². The van der Waals surface area contributed by atoms with Crippen molar-refractivity contribution in [2.24, 2.45) is 0 Å². The van der Waals surface area contributed by atoms with Crippen LogP contribution in [0.15, 0.2) is 174 Å². The molecule has 0 unspecified atom stereocenters. The molecule has 0 aliphatic carbocycles. The molecule has 3 aromatic heterocycles. The molecule has 0 saturated carbocycles. The Kier molecular flexibility index (Phi) is 5.35. The lowest BCUT2D eigenvalue weighted by Gasteiger charge is -2.11. The van der Waals surface area contributed by atoms with Gasteiger partial charge in [0, 0.05) is 49.5 Å². The van der Waals surface area contributed by atoms with Crippen molar-refractivity contribution < 1.29 is 11.3 Å². The van der Waals surface area contributed by atoms with Crippen molar-refractivity contribution in [1.29, 1.82) is 0 Å². The summed E-state index contributed by atoms with van der Waals surface area (Å²) in [5.41, 5.74) is 6.96. The van der Waals surface area contributed by atoms with Gasteiger partial charge in [0.15, 0.2) is 17.5 Å². The van der Waals surface area contributed by atoms with Gasteiger partial charge in [-0.3, -0.25) is 0 Å². The van der Waals surface area contributed by atoms with Gasteiger partial charge in [-0.05, 0) is 35.9 Å². The molecule has 0 aliphatic rings. The molecule has 0 radical (unpaired) electrons. The van der Waals surface area contributed by atoms with E-state index in [2.05, 4.69) is 59.2 Å². The molecule has 7 aromatic carbocycles. The van der Waals surface area contributed by atoms with E-state index in [0.717, 1.165) is 44.0 Å². The van der Waals surface area contributed by atoms with Gasteiger partial charge in [-0.1, -0.05) is 139 Å². The van der Waals surface area contributed by atoms with E-state index in [1.54, 1.807) is 12.1 Å². The third-order valence-corrected chi connectivity index (χ3v) is 9.15. The number of hydrogen-bond acceptors (Lipinski definition) is 4. The van der Waals surface area contributed by atoms with Crippen molar-refractivity contribution in [1.82, 2.24) is 19.5 Å². The quantitative estimate of drug-likeness (QED) is 0.187. The highest BCUT2D eigenvalue weighted by Crippen LogP contribution is 2.41. The molecule has 0 bridgehead atoms. The summed E-state index contributed by atoms with van der Waals surface area (Å²) >= 11 is 0. The fourth-order valence-electron chi connectivity index (χ4n) is 6.92. The van der Waals surface area contributed by atoms with Gasteiger partial charge in [0.2, 0.25) is 0 Å². The molecule has 234 valence electrons. The minimum absolute atomic E-state index is 0.0781. The van der Waals surface area contributed by atoms with Gasteiger partial charge in [0.05, 0.1) is 17.9 Å². The summed E-state index contributed by atoms with van der Waals surface area (Å²) in [5, 5.41) is 3.70. The van der Waals surface area contributed by atoms with Crippen LogP contribution in [0.4, 0.5) is 0 Å². The summed E-state index contributed by atoms with van der Waals surface area (Å²) in [5.74, 6) is 1.45. The first-order valence-corrected chi connectivity index (χ1v) is 16.3. The van der Waals surface area contributed by atoms with Gasteiger partial charge in [-0.15, -0.1) is 0 Å². The molecule has 0 N–H and O–H groups in total. The summed E-state index contributed by atoms with van der Waals surface area (Å²) in [6, 6.07) is 44.1. The van der Waals surface area contributed by atoms with E-state index < -0.39 is 18.1 Å². The Morgan fingerprint density at radius 1 is 0.480 bits per heavy atom. The molecular weight excluding hydrogens is 613 g/mol. The maximum atomic E-state index is 8.67. The van der Waals surface area contributed by atoms with Gasteiger partial charge < -0.3 is 8.98 Å². The summed E-state index contributed by atoms with van der Waals surface area (Å²) in [4.78, 5) is 15.2. The van der Waals surface area contributed by atoms with Crippen molar-refractivity contribution in [3.63, 3.8) is 0 Å². The lowest BCUT2D eigenvalue weighted by atomic mass is 10.0. The standard InChI is InChI=1S/C45H28N4O/c1-4-14-29(15-5-1)33-21-12-22-36-41-37(23-13-25-40(41)50-42(33)36)45-47-43(30-16-6-2-7-17-30)46-44(48-45)31-26-27-35-34-20-10-11-24-38(34)49(39(35)28-31)32-18-8-3-9-19-32/h1-28H/i1D,4D,5D,14D,15D. The Morgan fingerprint density at radius 3 is 1.98 bits per heavy atom. The van der Waals surface area contributed by atoms with E-state index in [9.17, 15) is 0 Å². The minimum atomic E-state index is -0.446. The van der Waals surface area contributed by atoms with Crippen molar-refractivity contribution in [2.75, 3.05) is 0 Å². The van der Waals surface area contributed by atoms with Crippen LogP contribution in [0.2, 0.25) is 0 Å². The number of para-hydroxylation sites is 3. The first kappa shape index (κ1) is 23.5. The number of furan rings is 1. The molecule has 0 aliphatic heterocycles. The van der Waals surface area contributed by atoms with Crippen LogP contribution in [0.5, 0.6) is 0 Å². The highest BCUT2D eigenvalue weighted by atomic mass is 16.3. The Labute approximate surface area is 294 Å². The molecule has 3 heterocycles. The Bertz CT molecular complexity index is 3130. The molecule has 0 saturated heterocycles. The number of rotatable bonds is 5. The Hall–Kier alpha value is -6.85. The zero-order valence-corrected chi connectivity index (χ0v) is 26.5. The molecule has 0 fully saturated rings. The lowest BCUT2D eigenvalue weighted by Crippen LogP contribution is -2.00. The van der Waals surface area contributed by atoms with Gasteiger partial charge in [0.25, 0.3) is 0 Å². The molecule has 0 amide bonds. The van der Waals surface area contributed by atoms with Gasteiger partial charge in [-0.25, -0.2) is 15.0 Å². The monoisotopic (exact) mass is 645 g/mol. The van der Waals surface area contributed by atoms with Crippen molar-refractivity contribution in [3.05, 3.63) is 170 Å². The summed E-state index contributed by atoms with van der Waals surface area (Å²) in [6.07, 6.45) is 0. The van der Waals surface area contributed by atoms with E-state index in [-0.39, 0.29) is 17.6 Å². The number of benzene rings is 7. The van der Waals surface area contributed by atoms with Crippen LogP contribution in [0.3, 0.4) is 0 Å². The van der Waals surface area contributed by atoms with E-state index >= 15 is 0 Å². The highest BCUT2D eigenvalue weighted by molar-refractivity contribution is 6.15. The largest absolute Gasteiger partial charge is 0.455 e. The maximum absolute atomic E-state index is 8.67. The average Bonchev–Trinajstić information content (AvgIpc) is 3.79. The van der Waals surface area contributed by atoms with Crippen LogP contribution < -0.4 is 0 Å². The molecule has 50 heavy (non-hydrogen) atoms. The molecule has 0 spiro atoms. The molecule has 10 aromatic rings. The fraction of sp³-hybridized carbons (Fsp3) is 0. The van der Waals surface area contributed by atoms with Gasteiger partial charge in [-0.2, -0.15) is 0 Å². The second kappa shape index (κ2) is 11.4. The molecule has 0 atom stereocenters. The van der Waals surface area contributed by atoms with Crippen LogP contribution in [0, 0.1) is 0 Å². The SMILES string of the molecule is [2H]c1c([2H])c([2H])c(-c2cccc3c2oc2cccc(-c4nc(-c5ccccc5)nc(-c5ccc6c7ccccc7n(-c7ccccc7)c6c5)n4)c23)c([2H])c1[2H]. The van der Waals surface area contributed by atoms with Crippen molar-refractivity contribution in [3.8, 4) is 51.0 Å². The normalized spacial score (nSPS) is 13.0. The van der Waals surface area contributed by atoms with E-state index in [0.29, 0.717) is 45.2 Å². The molecular formula is C45H28N4O. The summed E-state index contributed by atoms with van der Waals surface area (Å²) in [7, 11) is 0. The van der Waals surface area contributed by atoms with Crippen LogP contribution in [-0.4, -0.2) is 19.5 Å². The maximum Gasteiger partial charge on any atom is 0.164 e. The predicted octanol–water partition coefficient (Wildman–Crippen LogP) is 11.5. The molecule has 5 heteroatoms. The predicted molar refractivity (Wildman–Crippen MR) is 203 cm³/mol. The lowest BCUT2D eigenvalue weighted by molar-refractivity contribution is 0.670. The molecule has 10 rings (SSSR count). The fourth-order valence-corrected chi connectivity index (χ4v) is 6.92. The first-order valence-electron chi connectivity index (χ1n) is 18.8. The van der Waals surface area contributed by atoms with Crippen LogP contribution in [0.1, 0.15) is 6.85 Å². The average molecular weight is 646 g/mol. The van der Waals surface area contributed by atoms with Gasteiger partial charge in [0.1, 0.15) is 11.2 Å². The van der Waals surface area contributed by atoms with E-state index in [4.69, 9.17) is 26.2 Å². The summed E-state index contributed by atoms with van der Waals surface area (Å²) in [6.45, 7) is 0. The minimum Gasteiger partial charge on any atom is -0.455 e. The topological polar surface area (TPSA) is 56.7 Å². The Balaban J connectivity index is 1.22. The number of fused-ring (bicyclic) bond motifs is 6. The van der Waals surface area contributed by atoms with Crippen LogP contribution in [-0.2, 0) is 0 Å². The number of nitrogens with zero attached hydrogens (tertiary/aromatic N) is 4. The summed E-state index contributed by atoms with van der Waals surface area (Å²) < 4.78 is 50.8. The van der Waals surface area contributed by atoms with E-state index in [1.165, 1.54) is 0 Å². The zero-order valence-electron chi connectivity index (χ0n) is 31.5. The second-order valence-corrected chi connectivity index (χ2v) is 12.1. The van der Waals surface area contributed by atoms with Crippen LogP contribution in [0.25, 0.3) is 94.7 Å². The van der Waals surface area contributed by atoms with E-state index in [1.807, 2.05) is 72.8 Å². The number of aromatic nitrogens is 4. The second-order valence-electron chi connectivity index (χ2n) is 12.1.